The molecule has 96 valence electrons. The fourth-order valence-corrected chi connectivity index (χ4v) is 1.68. The lowest BCUT2D eigenvalue weighted by Gasteiger charge is -2.01. The minimum Gasteiger partial charge on any atom is -0.370 e. The molecule has 1 rings (SSSR count). The van der Waals surface area contributed by atoms with Crippen molar-refractivity contribution in [1.29, 1.82) is 0 Å². The zero-order chi connectivity index (χ0) is 12.2. The van der Waals surface area contributed by atoms with E-state index in [0.717, 1.165) is 5.56 Å². The van der Waals surface area contributed by atoms with Crippen LogP contribution in [0.25, 0.3) is 0 Å². The highest BCUT2D eigenvalue weighted by Crippen LogP contribution is 2.09. The molecule has 1 aromatic carbocycles. The van der Waals surface area contributed by atoms with E-state index in [1.165, 1.54) is 12.1 Å². The number of hydrogen-bond donors (Lipinski definition) is 3. The van der Waals surface area contributed by atoms with E-state index in [1.54, 1.807) is 12.1 Å². The van der Waals surface area contributed by atoms with Crippen molar-refractivity contribution in [3.05, 3.63) is 29.8 Å². The number of nitrogens with two attached hydrogens (primary N) is 3. The summed E-state index contributed by atoms with van der Waals surface area (Å²) in [5, 5.41) is 4.96. The van der Waals surface area contributed by atoms with Gasteiger partial charge in [-0.2, -0.15) is 0 Å². The summed E-state index contributed by atoms with van der Waals surface area (Å²) in [6.45, 7) is 0.469. The molecule has 0 spiro atoms. The van der Waals surface area contributed by atoms with Crippen molar-refractivity contribution in [2.75, 3.05) is 6.54 Å². The highest BCUT2D eigenvalue weighted by molar-refractivity contribution is 14.0. The summed E-state index contributed by atoms with van der Waals surface area (Å²) < 4.78 is 21.9. The minimum atomic E-state index is -3.62. The van der Waals surface area contributed by atoms with E-state index in [0.29, 0.717) is 13.0 Å². The third-order valence-corrected chi connectivity index (χ3v) is 2.88. The molecule has 0 bridgehead atoms. The lowest BCUT2D eigenvalue weighted by molar-refractivity contribution is 0.598. The number of rotatable bonds is 4. The van der Waals surface area contributed by atoms with Crippen molar-refractivity contribution >= 4 is 40.0 Å². The molecule has 8 heteroatoms. The van der Waals surface area contributed by atoms with Gasteiger partial charge in [-0.15, -0.1) is 24.0 Å². The van der Waals surface area contributed by atoms with Gasteiger partial charge < -0.3 is 11.5 Å². The van der Waals surface area contributed by atoms with Gasteiger partial charge in [0, 0.05) is 6.54 Å². The van der Waals surface area contributed by atoms with Crippen LogP contribution in [-0.2, 0) is 16.4 Å². The number of halogens is 1. The first kappa shape index (κ1) is 16.1. The standard InChI is InChI=1S/C9H14N4O2S.HI/c10-9(11)13-6-5-7-1-3-8(4-2-7)16(12,14)15;/h1-4H,5-6H2,(H4,10,11,13)(H2,12,14,15);1H. The minimum absolute atomic E-state index is 0. The number of primary sulfonamides is 1. The summed E-state index contributed by atoms with van der Waals surface area (Å²) in [5.74, 6) is 0.0427. The number of nitrogens with zero attached hydrogens (tertiary/aromatic N) is 1. The van der Waals surface area contributed by atoms with Crippen molar-refractivity contribution in [1.82, 2.24) is 0 Å². The molecule has 0 heterocycles. The van der Waals surface area contributed by atoms with Gasteiger partial charge >= 0.3 is 0 Å². The van der Waals surface area contributed by atoms with Gasteiger partial charge in [-0.3, -0.25) is 4.99 Å². The van der Waals surface area contributed by atoms with E-state index >= 15 is 0 Å². The Kier molecular flexibility index (Phi) is 6.42. The predicted molar refractivity (Wildman–Crippen MR) is 77.6 cm³/mol. The molecule has 6 nitrogen and oxygen atoms in total. The molecule has 0 amide bonds. The topological polar surface area (TPSA) is 125 Å². The van der Waals surface area contributed by atoms with Crippen molar-refractivity contribution in [2.45, 2.75) is 11.3 Å². The molecule has 6 N–H and O–H groups in total. The van der Waals surface area contributed by atoms with E-state index in [4.69, 9.17) is 16.6 Å². The maximum Gasteiger partial charge on any atom is 0.238 e. The van der Waals surface area contributed by atoms with Crippen LogP contribution in [0, 0.1) is 0 Å². The molecule has 0 atom stereocenters. The zero-order valence-electron chi connectivity index (χ0n) is 9.04. The Morgan fingerprint density at radius 2 is 1.71 bits per heavy atom. The predicted octanol–water partition coefficient (Wildman–Crippen LogP) is -0.232. The van der Waals surface area contributed by atoms with Gasteiger partial charge in [0.15, 0.2) is 5.96 Å². The van der Waals surface area contributed by atoms with Gasteiger partial charge in [0.25, 0.3) is 0 Å². The summed E-state index contributed by atoms with van der Waals surface area (Å²) in [7, 11) is -3.62. The summed E-state index contributed by atoms with van der Waals surface area (Å²) in [6.07, 6.45) is 0.642. The molecule has 1 aromatic rings. The normalized spacial score (nSPS) is 10.4. The lowest BCUT2D eigenvalue weighted by Crippen LogP contribution is -2.23. The zero-order valence-corrected chi connectivity index (χ0v) is 12.2. The lowest BCUT2D eigenvalue weighted by atomic mass is 10.1. The van der Waals surface area contributed by atoms with Crippen molar-refractivity contribution < 1.29 is 8.42 Å². The molecule has 0 radical (unpaired) electrons. The Bertz CT molecular complexity index is 480. The second kappa shape index (κ2) is 6.77. The van der Waals surface area contributed by atoms with E-state index < -0.39 is 10.0 Å². The first-order valence-electron chi connectivity index (χ1n) is 4.57. The van der Waals surface area contributed by atoms with Gasteiger partial charge in [-0.05, 0) is 24.1 Å². The third kappa shape index (κ3) is 5.84. The number of benzene rings is 1. The Hall–Kier alpha value is -0.870. The molecular formula is C9H15IN4O2S. The molecule has 0 aliphatic heterocycles. The number of aliphatic imine (C=N–C) groups is 1. The van der Waals surface area contributed by atoms with Gasteiger partial charge in [0.05, 0.1) is 4.90 Å². The summed E-state index contributed by atoms with van der Waals surface area (Å²) in [5.41, 5.74) is 11.3. The fourth-order valence-electron chi connectivity index (χ4n) is 1.16. The molecule has 0 unspecified atom stereocenters. The number of guanidine groups is 1. The van der Waals surface area contributed by atoms with E-state index in [2.05, 4.69) is 4.99 Å². The number of sulfonamides is 1. The summed E-state index contributed by atoms with van der Waals surface area (Å²) in [6, 6.07) is 6.28. The number of hydrogen-bond acceptors (Lipinski definition) is 3. The molecule has 0 fully saturated rings. The van der Waals surface area contributed by atoms with E-state index in [1.807, 2.05) is 0 Å². The van der Waals surface area contributed by atoms with Gasteiger partial charge in [-0.25, -0.2) is 13.6 Å². The molecule has 0 saturated carbocycles. The largest absolute Gasteiger partial charge is 0.370 e. The first-order valence-corrected chi connectivity index (χ1v) is 6.11. The average Bonchev–Trinajstić information content (AvgIpc) is 2.16. The van der Waals surface area contributed by atoms with Crippen LogP contribution in [0.1, 0.15) is 5.56 Å². The molecular weight excluding hydrogens is 355 g/mol. The smallest absolute Gasteiger partial charge is 0.238 e. The highest BCUT2D eigenvalue weighted by Gasteiger charge is 2.06. The SMILES string of the molecule is I.NC(N)=NCCc1ccc(S(N)(=O)=O)cc1. The fraction of sp³-hybridized carbons (Fsp3) is 0.222. The highest BCUT2D eigenvalue weighted by atomic mass is 127. The third-order valence-electron chi connectivity index (χ3n) is 1.95. The van der Waals surface area contributed by atoms with Gasteiger partial charge in [0.1, 0.15) is 0 Å². The molecule has 0 aliphatic carbocycles. The molecule has 17 heavy (non-hydrogen) atoms. The van der Waals surface area contributed by atoms with E-state index in [-0.39, 0.29) is 34.8 Å². The van der Waals surface area contributed by atoms with Crippen LogP contribution in [-0.4, -0.2) is 20.9 Å². The molecule has 0 aliphatic rings. The second-order valence-electron chi connectivity index (χ2n) is 3.25. The maximum absolute atomic E-state index is 11.0. The first-order chi connectivity index (χ1) is 7.39. The molecule has 0 saturated heterocycles. The maximum atomic E-state index is 11.0. The van der Waals surface area contributed by atoms with Gasteiger partial charge in [-0.1, -0.05) is 12.1 Å². The molecule has 0 aromatic heterocycles. The Morgan fingerprint density at radius 1 is 1.18 bits per heavy atom. The quantitative estimate of drug-likeness (QED) is 0.385. The second-order valence-corrected chi connectivity index (χ2v) is 4.81. The van der Waals surface area contributed by atoms with Crippen molar-refractivity contribution in [3.63, 3.8) is 0 Å². The Morgan fingerprint density at radius 3 is 2.12 bits per heavy atom. The summed E-state index contributed by atoms with van der Waals surface area (Å²) >= 11 is 0. The van der Waals surface area contributed by atoms with Gasteiger partial charge in [0.2, 0.25) is 10.0 Å². The van der Waals surface area contributed by atoms with Crippen LogP contribution in [0.5, 0.6) is 0 Å². The van der Waals surface area contributed by atoms with Crippen LogP contribution in [0.15, 0.2) is 34.2 Å². The summed E-state index contributed by atoms with van der Waals surface area (Å²) in [4.78, 5) is 3.92. The van der Waals surface area contributed by atoms with Crippen LogP contribution >= 0.6 is 24.0 Å². The average molecular weight is 370 g/mol. The van der Waals surface area contributed by atoms with Crippen LogP contribution in [0.3, 0.4) is 0 Å². The van der Waals surface area contributed by atoms with Crippen molar-refractivity contribution in [2.24, 2.45) is 21.6 Å². The van der Waals surface area contributed by atoms with Crippen LogP contribution in [0.2, 0.25) is 0 Å². The monoisotopic (exact) mass is 370 g/mol. The van der Waals surface area contributed by atoms with Crippen molar-refractivity contribution in [3.8, 4) is 0 Å². The van der Waals surface area contributed by atoms with E-state index in [9.17, 15) is 8.42 Å². The van der Waals surface area contributed by atoms with Crippen LogP contribution < -0.4 is 16.6 Å². The Labute approximate surface area is 117 Å². The van der Waals surface area contributed by atoms with Crippen LogP contribution in [0.4, 0.5) is 0 Å². The Balaban J connectivity index is 0.00000256.